The lowest BCUT2D eigenvalue weighted by atomic mass is 10.0. The quantitative estimate of drug-likeness (QED) is 0.667. The Morgan fingerprint density at radius 2 is 1.69 bits per heavy atom. The zero-order valence-corrected chi connectivity index (χ0v) is 17.5. The highest BCUT2D eigenvalue weighted by Gasteiger charge is 2.19. The van der Waals surface area contributed by atoms with Crippen molar-refractivity contribution in [3.05, 3.63) is 59.7 Å². The summed E-state index contributed by atoms with van der Waals surface area (Å²) < 4.78 is 10.9. The van der Waals surface area contributed by atoms with Gasteiger partial charge in [-0.2, -0.15) is 0 Å². The van der Waals surface area contributed by atoms with Crippen molar-refractivity contribution in [2.45, 2.75) is 38.6 Å². The second-order valence-electron chi connectivity index (χ2n) is 7.74. The van der Waals surface area contributed by atoms with Gasteiger partial charge in [0.1, 0.15) is 11.5 Å². The number of rotatable bonds is 10. The minimum absolute atomic E-state index is 0.0369. The molecule has 5 heteroatoms. The van der Waals surface area contributed by atoms with Crippen LogP contribution in [0.3, 0.4) is 0 Å². The van der Waals surface area contributed by atoms with E-state index in [9.17, 15) is 4.79 Å². The molecular weight excluding hydrogens is 364 g/mol. The molecule has 1 fully saturated rings. The van der Waals surface area contributed by atoms with E-state index < -0.39 is 0 Å². The molecule has 0 aliphatic carbocycles. The van der Waals surface area contributed by atoms with Gasteiger partial charge in [0.15, 0.2) is 0 Å². The van der Waals surface area contributed by atoms with Gasteiger partial charge in [-0.1, -0.05) is 29.8 Å². The molecule has 0 spiro atoms. The van der Waals surface area contributed by atoms with Gasteiger partial charge in [0, 0.05) is 12.6 Å². The highest BCUT2D eigenvalue weighted by atomic mass is 16.5. The van der Waals surface area contributed by atoms with Crippen LogP contribution < -0.4 is 14.8 Å². The number of carbonyl (C=O) groups is 1. The summed E-state index contributed by atoms with van der Waals surface area (Å²) in [5, 5.41) is 3.22. The number of hydrogen-bond donors (Lipinski definition) is 1. The highest BCUT2D eigenvalue weighted by Crippen LogP contribution is 2.15. The first kappa shape index (κ1) is 21.2. The lowest BCUT2D eigenvalue weighted by Crippen LogP contribution is -2.44. The molecule has 0 radical (unpaired) electrons. The van der Waals surface area contributed by atoms with Crippen LogP contribution in [0.1, 0.15) is 30.4 Å². The van der Waals surface area contributed by atoms with Crippen molar-refractivity contribution >= 4 is 5.91 Å². The van der Waals surface area contributed by atoms with Crippen LogP contribution in [0.5, 0.6) is 11.5 Å². The first-order chi connectivity index (χ1) is 14.1. The minimum Gasteiger partial charge on any atom is -0.497 e. The number of amides is 1. The molecule has 1 N–H and O–H groups in total. The number of ether oxygens (including phenoxy) is 2. The van der Waals surface area contributed by atoms with Crippen molar-refractivity contribution in [1.29, 1.82) is 0 Å². The van der Waals surface area contributed by atoms with Crippen LogP contribution in [-0.2, 0) is 11.2 Å². The molecule has 29 heavy (non-hydrogen) atoms. The zero-order valence-electron chi connectivity index (χ0n) is 17.5. The van der Waals surface area contributed by atoms with E-state index in [0.717, 1.165) is 37.6 Å². The number of carbonyl (C=O) groups excluding carboxylic acids is 1. The summed E-state index contributed by atoms with van der Waals surface area (Å²) in [5.41, 5.74) is 2.39. The number of hydrogen-bond acceptors (Lipinski definition) is 4. The van der Waals surface area contributed by atoms with Crippen molar-refractivity contribution in [1.82, 2.24) is 10.2 Å². The summed E-state index contributed by atoms with van der Waals surface area (Å²) in [6.07, 6.45) is 3.65. The third kappa shape index (κ3) is 7.09. The minimum atomic E-state index is 0.0369. The van der Waals surface area contributed by atoms with Crippen LogP contribution in [0.4, 0.5) is 0 Å². The van der Waals surface area contributed by atoms with E-state index in [1.54, 1.807) is 7.11 Å². The second-order valence-corrected chi connectivity index (χ2v) is 7.74. The standard InChI is InChI=1S/C24H32N2O3/c1-19-5-9-23(10-6-19)29-16-13-24(27)25-21(18-26-14-3-4-15-26)17-20-7-11-22(28-2)12-8-20/h5-12,21H,3-4,13-18H2,1-2H3,(H,25,27)/t21-/m0/s1. The van der Waals surface area contributed by atoms with Crippen molar-refractivity contribution in [2.75, 3.05) is 33.4 Å². The molecule has 1 aliphatic rings. The van der Waals surface area contributed by atoms with E-state index in [2.05, 4.69) is 22.3 Å². The Labute approximate surface area is 174 Å². The molecular formula is C24H32N2O3. The maximum Gasteiger partial charge on any atom is 0.223 e. The topological polar surface area (TPSA) is 50.8 Å². The fourth-order valence-corrected chi connectivity index (χ4v) is 3.68. The van der Waals surface area contributed by atoms with Crippen molar-refractivity contribution in [2.24, 2.45) is 0 Å². The first-order valence-electron chi connectivity index (χ1n) is 10.5. The van der Waals surface area contributed by atoms with Crippen LogP contribution in [0.15, 0.2) is 48.5 Å². The maximum absolute atomic E-state index is 12.5. The molecule has 0 aromatic heterocycles. The SMILES string of the molecule is COc1ccc(C[C@@H](CN2CCCC2)NC(=O)CCOc2ccc(C)cc2)cc1. The Hall–Kier alpha value is -2.53. The van der Waals surface area contributed by atoms with Crippen LogP contribution in [0, 0.1) is 6.92 Å². The van der Waals surface area contributed by atoms with E-state index >= 15 is 0 Å². The predicted octanol–water partition coefficient (Wildman–Crippen LogP) is 3.60. The number of benzene rings is 2. The summed E-state index contributed by atoms with van der Waals surface area (Å²) in [6, 6.07) is 16.1. The molecule has 0 bridgehead atoms. The Bertz CT molecular complexity index is 753. The molecule has 1 aliphatic heterocycles. The molecule has 2 aromatic rings. The first-order valence-corrected chi connectivity index (χ1v) is 10.5. The average molecular weight is 397 g/mol. The lowest BCUT2D eigenvalue weighted by molar-refractivity contribution is -0.122. The molecule has 5 nitrogen and oxygen atoms in total. The number of nitrogens with zero attached hydrogens (tertiary/aromatic N) is 1. The van der Waals surface area contributed by atoms with Crippen LogP contribution in [0.25, 0.3) is 0 Å². The van der Waals surface area contributed by atoms with E-state index in [-0.39, 0.29) is 11.9 Å². The third-order valence-corrected chi connectivity index (χ3v) is 5.30. The summed E-state index contributed by atoms with van der Waals surface area (Å²) in [7, 11) is 1.67. The lowest BCUT2D eigenvalue weighted by Gasteiger charge is -2.25. The normalized spacial score (nSPS) is 15.1. The van der Waals surface area contributed by atoms with Gasteiger partial charge >= 0.3 is 0 Å². The zero-order chi connectivity index (χ0) is 20.5. The number of aryl methyl sites for hydroxylation is 1. The van der Waals surface area contributed by atoms with Crippen molar-refractivity contribution in [3.63, 3.8) is 0 Å². The average Bonchev–Trinajstić information content (AvgIpc) is 3.23. The molecule has 2 aromatic carbocycles. The van der Waals surface area contributed by atoms with E-state index in [0.29, 0.717) is 13.0 Å². The van der Waals surface area contributed by atoms with Gasteiger partial charge in [-0.3, -0.25) is 4.79 Å². The smallest absolute Gasteiger partial charge is 0.223 e. The number of likely N-dealkylation sites (tertiary alicyclic amines) is 1. The summed E-state index contributed by atoms with van der Waals surface area (Å²) in [6.45, 7) is 5.54. The second kappa shape index (κ2) is 10.9. The third-order valence-electron chi connectivity index (χ3n) is 5.30. The largest absolute Gasteiger partial charge is 0.497 e. The van der Waals surface area contributed by atoms with Gasteiger partial charge in [-0.05, 0) is 69.1 Å². The molecule has 156 valence electrons. The number of methoxy groups -OCH3 is 1. The monoisotopic (exact) mass is 396 g/mol. The van der Waals surface area contributed by atoms with Gasteiger partial charge in [-0.15, -0.1) is 0 Å². The van der Waals surface area contributed by atoms with Gasteiger partial charge in [0.25, 0.3) is 0 Å². The van der Waals surface area contributed by atoms with Crippen molar-refractivity contribution < 1.29 is 14.3 Å². The van der Waals surface area contributed by atoms with Crippen molar-refractivity contribution in [3.8, 4) is 11.5 Å². The van der Waals surface area contributed by atoms with Gasteiger partial charge < -0.3 is 19.7 Å². The Kier molecular flexibility index (Phi) is 7.94. The van der Waals surface area contributed by atoms with E-state index in [1.165, 1.54) is 24.0 Å². The molecule has 1 heterocycles. The molecule has 0 unspecified atom stereocenters. The Morgan fingerprint density at radius 3 is 2.34 bits per heavy atom. The predicted molar refractivity (Wildman–Crippen MR) is 116 cm³/mol. The fraction of sp³-hybridized carbons (Fsp3) is 0.458. The van der Waals surface area contributed by atoms with Gasteiger partial charge in [0.05, 0.1) is 20.1 Å². The molecule has 3 rings (SSSR count). The Balaban J connectivity index is 1.51. The number of nitrogens with one attached hydrogen (secondary N) is 1. The van der Waals surface area contributed by atoms with E-state index in [4.69, 9.17) is 9.47 Å². The summed E-state index contributed by atoms with van der Waals surface area (Å²) >= 11 is 0. The summed E-state index contributed by atoms with van der Waals surface area (Å²) in [5.74, 6) is 1.69. The Morgan fingerprint density at radius 1 is 1.03 bits per heavy atom. The highest BCUT2D eigenvalue weighted by molar-refractivity contribution is 5.76. The summed E-state index contributed by atoms with van der Waals surface area (Å²) in [4.78, 5) is 15.0. The fourth-order valence-electron chi connectivity index (χ4n) is 3.68. The molecule has 1 atom stereocenters. The van der Waals surface area contributed by atoms with Gasteiger partial charge in [0.2, 0.25) is 5.91 Å². The van der Waals surface area contributed by atoms with Gasteiger partial charge in [-0.25, -0.2) is 0 Å². The molecule has 0 saturated carbocycles. The molecule has 1 saturated heterocycles. The van der Waals surface area contributed by atoms with E-state index in [1.807, 2.05) is 43.3 Å². The maximum atomic E-state index is 12.5. The molecule has 1 amide bonds. The van der Waals surface area contributed by atoms with Crippen LogP contribution >= 0.6 is 0 Å². The van der Waals surface area contributed by atoms with Crippen LogP contribution in [0.2, 0.25) is 0 Å². The van der Waals surface area contributed by atoms with Crippen LogP contribution in [-0.4, -0.2) is 50.2 Å².